The van der Waals surface area contributed by atoms with E-state index in [0.717, 1.165) is 5.56 Å². The van der Waals surface area contributed by atoms with Crippen LogP contribution in [0.1, 0.15) is 26.3 Å². The molecule has 146 valence electrons. The van der Waals surface area contributed by atoms with Gasteiger partial charge in [0.25, 0.3) is 11.6 Å². The van der Waals surface area contributed by atoms with Gasteiger partial charge in [0.2, 0.25) is 0 Å². The highest BCUT2D eigenvalue weighted by molar-refractivity contribution is 6.05. The molecule has 0 atom stereocenters. The van der Waals surface area contributed by atoms with Crippen LogP contribution in [0.15, 0.2) is 66.7 Å². The van der Waals surface area contributed by atoms with Crippen LogP contribution < -0.4 is 10.1 Å². The van der Waals surface area contributed by atoms with Gasteiger partial charge in [-0.15, -0.1) is 0 Å². The third-order valence-electron chi connectivity index (χ3n) is 4.13. The highest BCUT2D eigenvalue weighted by Crippen LogP contribution is 2.24. The molecule has 2 N–H and O–H groups in total. The Bertz CT molecular complexity index is 1080. The van der Waals surface area contributed by atoms with Crippen molar-refractivity contribution in [3.05, 3.63) is 93.5 Å². The molecule has 3 aromatic carbocycles. The Morgan fingerprint density at radius 1 is 0.931 bits per heavy atom. The van der Waals surface area contributed by atoms with Gasteiger partial charge in [-0.1, -0.05) is 6.07 Å². The first-order valence-electron chi connectivity index (χ1n) is 8.51. The van der Waals surface area contributed by atoms with Crippen LogP contribution >= 0.6 is 0 Å². The minimum absolute atomic E-state index is 0.0355. The molecule has 8 nitrogen and oxygen atoms in total. The lowest BCUT2D eigenvalue weighted by molar-refractivity contribution is -0.384. The standard InChI is InChI=1S/C21H16N2O6/c1-13-2-3-15(21(25)26)12-19(13)22-20(24)14-4-8-17(9-5-14)29-18-10-6-16(7-11-18)23(27)28/h2-12H,1H3,(H,22,24)(H,25,26). The number of rotatable bonds is 6. The van der Waals surface area contributed by atoms with E-state index in [-0.39, 0.29) is 11.3 Å². The van der Waals surface area contributed by atoms with E-state index in [9.17, 15) is 19.7 Å². The minimum Gasteiger partial charge on any atom is -0.478 e. The third kappa shape index (κ3) is 4.75. The molecule has 0 radical (unpaired) electrons. The normalized spacial score (nSPS) is 10.2. The Hall–Kier alpha value is -4.20. The van der Waals surface area contributed by atoms with Crippen LogP contribution in [0, 0.1) is 17.0 Å². The number of amides is 1. The Kier molecular flexibility index (Phi) is 5.54. The van der Waals surface area contributed by atoms with E-state index >= 15 is 0 Å². The Morgan fingerprint density at radius 3 is 2.03 bits per heavy atom. The highest BCUT2D eigenvalue weighted by atomic mass is 16.6. The molecule has 8 heteroatoms. The number of hydrogen-bond acceptors (Lipinski definition) is 5. The maximum Gasteiger partial charge on any atom is 0.335 e. The topological polar surface area (TPSA) is 119 Å². The summed E-state index contributed by atoms with van der Waals surface area (Å²) in [5.74, 6) is -0.584. The quantitative estimate of drug-likeness (QED) is 0.466. The summed E-state index contributed by atoms with van der Waals surface area (Å²) in [6.07, 6.45) is 0. The second-order valence-corrected chi connectivity index (χ2v) is 6.17. The number of ether oxygens (including phenoxy) is 1. The fourth-order valence-corrected chi connectivity index (χ4v) is 2.53. The predicted octanol–water partition coefficient (Wildman–Crippen LogP) is 4.65. The summed E-state index contributed by atoms with van der Waals surface area (Å²) in [6.45, 7) is 1.77. The molecule has 0 aliphatic rings. The van der Waals surface area contributed by atoms with Gasteiger partial charge in [-0.05, 0) is 61.0 Å². The number of anilines is 1. The van der Waals surface area contributed by atoms with Gasteiger partial charge in [0.15, 0.2) is 0 Å². The van der Waals surface area contributed by atoms with E-state index in [1.165, 1.54) is 36.4 Å². The maximum absolute atomic E-state index is 12.5. The smallest absolute Gasteiger partial charge is 0.335 e. The third-order valence-corrected chi connectivity index (χ3v) is 4.13. The molecular formula is C21H16N2O6. The number of hydrogen-bond donors (Lipinski definition) is 2. The number of nitrogens with one attached hydrogen (secondary N) is 1. The van der Waals surface area contributed by atoms with Crippen molar-refractivity contribution in [2.75, 3.05) is 5.32 Å². The minimum atomic E-state index is -1.08. The van der Waals surface area contributed by atoms with Crippen molar-refractivity contribution in [3.63, 3.8) is 0 Å². The molecule has 0 saturated carbocycles. The van der Waals surface area contributed by atoms with Gasteiger partial charge in [0.1, 0.15) is 11.5 Å². The number of non-ortho nitro benzene ring substituents is 1. The molecule has 3 aromatic rings. The zero-order valence-corrected chi connectivity index (χ0v) is 15.3. The summed E-state index contributed by atoms with van der Waals surface area (Å²) < 4.78 is 5.61. The molecule has 29 heavy (non-hydrogen) atoms. The molecule has 0 fully saturated rings. The number of carbonyl (C=O) groups excluding carboxylic acids is 1. The van der Waals surface area contributed by atoms with Crippen molar-refractivity contribution in [2.45, 2.75) is 6.92 Å². The van der Waals surface area contributed by atoms with Gasteiger partial charge in [-0.25, -0.2) is 4.79 Å². The summed E-state index contributed by atoms with van der Waals surface area (Å²) in [7, 11) is 0. The first kappa shape index (κ1) is 19.6. The summed E-state index contributed by atoms with van der Waals surface area (Å²) in [5.41, 5.74) is 1.56. The molecule has 0 bridgehead atoms. The van der Waals surface area contributed by atoms with Crippen molar-refractivity contribution < 1.29 is 24.4 Å². The number of aromatic carboxylic acids is 1. The van der Waals surface area contributed by atoms with Gasteiger partial charge < -0.3 is 15.2 Å². The largest absolute Gasteiger partial charge is 0.478 e. The molecular weight excluding hydrogens is 376 g/mol. The molecule has 1 amide bonds. The average molecular weight is 392 g/mol. The summed E-state index contributed by atoms with van der Waals surface area (Å²) >= 11 is 0. The van der Waals surface area contributed by atoms with Crippen LogP contribution in [-0.4, -0.2) is 21.9 Å². The number of nitro benzene ring substituents is 1. The average Bonchev–Trinajstić information content (AvgIpc) is 2.70. The van der Waals surface area contributed by atoms with E-state index in [4.69, 9.17) is 9.84 Å². The van der Waals surface area contributed by atoms with Crippen molar-refractivity contribution in [1.82, 2.24) is 0 Å². The number of carbonyl (C=O) groups is 2. The predicted molar refractivity (Wildman–Crippen MR) is 106 cm³/mol. The van der Waals surface area contributed by atoms with Crippen LogP contribution in [0.4, 0.5) is 11.4 Å². The van der Waals surface area contributed by atoms with E-state index in [1.807, 2.05) is 0 Å². The number of carboxylic acid groups (broad SMARTS) is 1. The second-order valence-electron chi connectivity index (χ2n) is 6.17. The van der Waals surface area contributed by atoms with Crippen LogP contribution in [0.2, 0.25) is 0 Å². The SMILES string of the molecule is Cc1ccc(C(=O)O)cc1NC(=O)c1ccc(Oc2ccc([N+](=O)[O-])cc2)cc1. The number of nitro groups is 1. The lowest BCUT2D eigenvalue weighted by Gasteiger charge is -2.10. The molecule has 0 heterocycles. The Morgan fingerprint density at radius 2 is 1.48 bits per heavy atom. The Labute approximate surface area is 165 Å². The molecule has 0 aliphatic carbocycles. The first-order valence-corrected chi connectivity index (χ1v) is 8.51. The Balaban J connectivity index is 1.69. The number of benzene rings is 3. The lowest BCUT2D eigenvalue weighted by atomic mass is 10.1. The van der Waals surface area contributed by atoms with E-state index in [1.54, 1.807) is 37.3 Å². The van der Waals surface area contributed by atoms with Crippen molar-refractivity contribution in [1.29, 1.82) is 0 Å². The van der Waals surface area contributed by atoms with Crippen LogP contribution in [0.3, 0.4) is 0 Å². The van der Waals surface area contributed by atoms with Crippen molar-refractivity contribution >= 4 is 23.3 Å². The zero-order valence-electron chi connectivity index (χ0n) is 15.3. The molecule has 0 aliphatic heterocycles. The summed E-state index contributed by atoms with van der Waals surface area (Å²) in [4.78, 5) is 33.7. The van der Waals surface area contributed by atoms with Gasteiger partial charge in [-0.3, -0.25) is 14.9 Å². The highest BCUT2D eigenvalue weighted by Gasteiger charge is 2.11. The van der Waals surface area contributed by atoms with Gasteiger partial charge in [-0.2, -0.15) is 0 Å². The molecule has 0 saturated heterocycles. The monoisotopic (exact) mass is 392 g/mol. The lowest BCUT2D eigenvalue weighted by Crippen LogP contribution is -2.13. The fourth-order valence-electron chi connectivity index (χ4n) is 2.53. The number of aryl methyl sites for hydroxylation is 1. The van der Waals surface area contributed by atoms with Crippen LogP contribution in [-0.2, 0) is 0 Å². The van der Waals surface area contributed by atoms with Crippen molar-refractivity contribution in [2.24, 2.45) is 0 Å². The first-order chi connectivity index (χ1) is 13.8. The molecule has 0 unspecified atom stereocenters. The molecule has 0 spiro atoms. The van der Waals surface area contributed by atoms with Gasteiger partial charge >= 0.3 is 5.97 Å². The van der Waals surface area contributed by atoms with E-state index in [2.05, 4.69) is 5.32 Å². The van der Waals surface area contributed by atoms with Gasteiger partial charge in [0, 0.05) is 23.4 Å². The number of nitrogens with zero attached hydrogens (tertiary/aromatic N) is 1. The fraction of sp³-hybridized carbons (Fsp3) is 0.0476. The van der Waals surface area contributed by atoms with Gasteiger partial charge in [0.05, 0.1) is 10.5 Å². The van der Waals surface area contributed by atoms with Crippen LogP contribution in [0.5, 0.6) is 11.5 Å². The summed E-state index contributed by atoms with van der Waals surface area (Å²) in [6, 6.07) is 16.5. The molecule has 0 aromatic heterocycles. The van der Waals surface area contributed by atoms with Crippen molar-refractivity contribution in [3.8, 4) is 11.5 Å². The number of carboxylic acids is 1. The maximum atomic E-state index is 12.5. The molecule has 3 rings (SSSR count). The summed E-state index contributed by atoms with van der Waals surface area (Å²) in [5, 5.41) is 22.5. The zero-order chi connectivity index (χ0) is 21.0. The van der Waals surface area contributed by atoms with Crippen LogP contribution in [0.25, 0.3) is 0 Å². The second kappa shape index (κ2) is 8.22. The van der Waals surface area contributed by atoms with E-state index in [0.29, 0.717) is 22.7 Å². The van der Waals surface area contributed by atoms with E-state index < -0.39 is 16.8 Å².